The molecule has 11 nitrogen and oxygen atoms in total. The second-order valence-corrected chi connectivity index (χ2v) is 11.6. The Morgan fingerprint density at radius 1 is 0.900 bits per heavy atom. The van der Waals surface area contributed by atoms with Crippen LogP contribution in [-0.2, 0) is 39.1 Å². The lowest BCUT2D eigenvalue weighted by Crippen LogP contribution is -2.18. The Hall–Kier alpha value is -3.63. The zero-order chi connectivity index (χ0) is 28.7. The van der Waals surface area contributed by atoms with Crippen LogP contribution in [0.5, 0.6) is 0 Å². The Morgan fingerprint density at radius 2 is 1.45 bits per heavy atom. The third-order valence-corrected chi connectivity index (χ3v) is 8.00. The van der Waals surface area contributed by atoms with E-state index in [1.54, 1.807) is 48.6 Å². The summed E-state index contributed by atoms with van der Waals surface area (Å²) >= 11 is 0. The van der Waals surface area contributed by atoms with Crippen molar-refractivity contribution in [3.63, 3.8) is 0 Å². The SMILES string of the molecule is CN1C=CCC(C(=O)OCOP(=O)(OCOC(=O)C2=CN(C)C=CC2)n2cc(CCN(C)C)c3ccccc32)=C1. The molecule has 0 saturated heterocycles. The molecule has 0 amide bonds. The molecule has 1 aromatic heterocycles. The van der Waals surface area contributed by atoms with Gasteiger partial charge in [-0.1, -0.05) is 30.4 Å². The zero-order valence-corrected chi connectivity index (χ0v) is 24.1. The summed E-state index contributed by atoms with van der Waals surface area (Å²) in [6.45, 7) is -0.491. The maximum Gasteiger partial charge on any atom is 0.445 e. The summed E-state index contributed by atoms with van der Waals surface area (Å²) in [5.41, 5.74) is 2.40. The third kappa shape index (κ3) is 7.31. The van der Waals surface area contributed by atoms with Crippen molar-refractivity contribution in [3.8, 4) is 0 Å². The highest BCUT2D eigenvalue weighted by atomic mass is 31.2. The van der Waals surface area contributed by atoms with Crippen molar-refractivity contribution in [1.82, 2.24) is 19.0 Å². The van der Waals surface area contributed by atoms with Gasteiger partial charge >= 0.3 is 19.7 Å². The fourth-order valence-corrected chi connectivity index (χ4v) is 5.68. The van der Waals surface area contributed by atoms with E-state index in [1.165, 1.54) is 4.34 Å². The molecule has 0 atom stereocenters. The number of allylic oxidation sites excluding steroid dienone is 2. The molecule has 0 radical (unpaired) electrons. The molecule has 0 aliphatic carbocycles. The van der Waals surface area contributed by atoms with Gasteiger partial charge in [-0.05, 0) is 44.5 Å². The molecule has 214 valence electrons. The zero-order valence-electron chi connectivity index (χ0n) is 23.2. The smallest absolute Gasteiger partial charge is 0.434 e. The summed E-state index contributed by atoms with van der Waals surface area (Å²) in [6, 6.07) is 7.45. The summed E-state index contributed by atoms with van der Waals surface area (Å²) in [7, 11) is 3.35. The van der Waals surface area contributed by atoms with Crippen LogP contribution in [0.2, 0.25) is 0 Å². The molecule has 12 heteroatoms. The van der Waals surface area contributed by atoms with Gasteiger partial charge in [-0.15, -0.1) is 0 Å². The normalized spacial score (nSPS) is 15.4. The Balaban J connectivity index is 1.54. The molecule has 0 unspecified atom stereocenters. The van der Waals surface area contributed by atoms with Gasteiger partial charge in [0.1, 0.15) is 0 Å². The van der Waals surface area contributed by atoms with E-state index >= 15 is 0 Å². The summed E-state index contributed by atoms with van der Waals surface area (Å²) in [4.78, 5) is 30.7. The minimum atomic E-state index is -4.20. The monoisotopic (exact) mass is 570 g/mol. The van der Waals surface area contributed by atoms with Gasteiger partial charge in [0.05, 0.1) is 16.7 Å². The molecule has 0 saturated carbocycles. The first-order valence-corrected chi connectivity index (χ1v) is 14.3. The number of hydrogen-bond acceptors (Lipinski definition) is 10. The van der Waals surface area contributed by atoms with Crippen LogP contribution in [0.1, 0.15) is 18.4 Å². The number of fused-ring (bicyclic) bond motifs is 1. The quantitative estimate of drug-likeness (QED) is 0.210. The molecule has 2 aromatic rings. The number of hydrogen-bond donors (Lipinski definition) is 0. The van der Waals surface area contributed by atoms with E-state index in [-0.39, 0.29) is 0 Å². The van der Waals surface area contributed by atoms with Crippen LogP contribution < -0.4 is 0 Å². The molecule has 2 aliphatic heterocycles. The van der Waals surface area contributed by atoms with Crippen LogP contribution >= 0.6 is 7.75 Å². The summed E-state index contributed by atoms with van der Waals surface area (Å²) < 4.78 is 37.5. The van der Waals surface area contributed by atoms with Crippen molar-refractivity contribution in [2.75, 3.05) is 48.3 Å². The van der Waals surface area contributed by atoms with Gasteiger partial charge in [-0.2, -0.15) is 0 Å². The standard InChI is InChI=1S/C28H35N4O7P/c1-29(2)16-13-22-19-32(26-12-6-5-11-25(22)26)40(35,38-20-36-27(33)23-9-7-14-30(3)17-23)39-21-37-28(34)24-10-8-15-31(4)18-24/h5-8,11-12,14-15,17-19H,9-10,13,16,20-21H2,1-4H3. The van der Waals surface area contributed by atoms with E-state index in [0.29, 0.717) is 35.9 Å². The minimum absolute atomic E-state index is 0.408. The first-order valence-electron chi connectivity index (χ1n) is 12.8. The lowest BCUT2D eigenvalue weighted by Gasteiger charge is -2.21. The Bertz CT molecular complexity index is 1350. The van der Waals surface area contributed by atoms with Gasteiger partial charge in [0, 0.05) is 57.5 Å². The number of nitrogens with zero attached hydrogens (tertiary/aromatic N) is 4. The number of benzene rings is 1. The van der Waals surface area contributed by atoms with E-state index in [4.69, 9.17) is 18.5 Å². The maximum atomic E-state index is 14.3. The fourth-order valence-electron chi connectivity index (χ4n) is 4.26. The number of likely N-dealkylation sites (N-methyl/N-ethyl adjacent to an activating group) is 1. The number of carbonyl (C=O) groups is 2. The van der Waals surface area contributed by atoms with Gasteiger partial charge in [0.25, 0.3) is 0 Å². The largest absolute Gasteiger partial charge is 0.445 e. The van der Waals surface area contributed by atoms with Crippen LogP contribution in [0.25, 0.3) is 10.9 Å². The number of rotatable bonds is 12. The topological polar surface area (TPSA) is 103 Å². The molecule has 40 heavy (non-hydrogen) atoms. The van der Waals surface area contributed by atoms with Crippen LogP contribution in [0.4, 0.5) is 0 Å². The second-order valence-electron chi connectivity index (χ2n) is 9.71. The molecule has 3 heterocycles. The molecule has 2 aliphatic rings. The van der Waals surface area contributed by atoms with Gasteiger partial charge < -0.3 is 24.2 Å². The Kier molecular flexibility index (Phi) is 9.65. The predicted molar refractivity (Wildman–Crippen MR) is 150 cm³/mol. The average molecular weight is 571 g/mol. The van der Waals surface area contributed by atoms with Crippen molar-refractivity contribution in [3.05, 3.63) is 84.1 Å². The number of ether oxygens (including phenoxy) is 2. The molecule has 0 N–H and O–H groups in total. The molecule has 0 fully saturated rings. The molecular formula is C28H35N4O7P. The molecule has 0 spiro atoms. The first-order chi connectivity index (χ1) is 19.2. The van der Waals surface area contributed by atoms with E-state index in [0.717, 1.165) is 17.5 Å². The predicted octanol–water partition coefficient (Wildman–Crippen LogP) is 4.20. The van der Waals surface area contributed by atoms with Crippen LogP contribution in [-0.4, -0.2) is 79.3 Å². The van der Waals surface area contributed by atoms with E-state index in [1.807, 2.05) is 56.8 Å². The summed E-state index contributed by atoms with van der Waals surface area (Å²) in [6.07, 6.45) is 13.9. The second kappa shape index (κ2) is 13.1. The van der Waals surface area contributed by atoms with Crippen LogP contribution in [0.15, 0.2) is 78.6 Å². The number of para-hydroxylation sites is 1. The molecular weight excluding hydrogens is 535 g/mol. The van der Waals surface area contributed by atoms with Crippen molar-refractivity contribution >= 4 is 30.6 Å². The van der Waals surface area contributed by atoms with Gasteiger partial charge in [-0.25, -0.2) is 14.2 Å². The lowest BCUT2D eigenvalue weighted by atomic mass is 10.1. The highest BCUT2D eigenvalue weighted by Crippen LogP contribution is 2.52. The van der Waals surface area contributed by atoms with Crippen LogP contribution in [0, 0.1) is 0 Å². The third-order valence-electron chi connectivity index (χ3n) is 6.28. The minimum Gasteiger partial charge on any atom is -0.434 e. The van der Waals surface area contributed by atoms with Gasteiger partial charge in [0.2, 0.25) is 13.6 Å². The van der Waals surface area contributed by atoms with Gasteiger partial charge in [-0.3, -0.25) is 13.4 Å². The average Bonchev–Trinajstić information content (AvgIpc) is 3.31. The summed E-state index contributed by atoms with van der Waals surface area (Å²) in [5, 5.41) is 0.884. The van der Waals surface area contributed by atoms with Crippen molar-refractivity contribution in [2.24, 2.45) is 0 Å². The Morgan fingerprint density at radius 3 is 1.98 bits per heavy atom. The maximum absolute atomic E-state index is 14.3. The van der Waals surface area contributed by atoms with Crippen molar-refractivity contribution in [1.29, 1.82) is 0 Å². The number of esters is 2. The lowest BCUT2D eigenvalue weighted by molar-refractivity contribution is -0.147. The number of carbonyl (C=O) groups excluding carboxylic acids is 2. The van der Waals surface area contributed by atoms with E-state index in [2.05, 4.69) is 4.90 Å². The molecule has 1 aromatic carbocycles. The fraction of sp³-hybridized carbons (Fsp3) is 0.357. The highest BCUT2D eigenvalue weighted by molar-refractivity contribution is 7.52. The van der Waals surface area contributed by atoms with E-state index < -0.39 is 33.3 Å². The van der Waals surface area contributed by atoms with Crippen molar-refractivity contribution < 1.29 is 32.7 Å². The first kappa shape index (κ1) is 29.4. The Labute approximate surface area is 234 Å². The van der Waals surface area contributed by atoms with E-state index in [9.17, 15) is 14.2 Å². The molecule has 4 rings (SSSR count). The highest BCUT2D eigenvalue weighted by Gasteiger charge is 2.32. The van der Waals surface area contributed by atoms with Crippen molar-refractivity contribution in [2.45, 2.75) is 19.3 Å². The molecule has 0 bridgehead atoms. The summed E-state index contributed by atoms with van der Waals surface area (Å²) in [5.74, 6) is -1.20. The number of aromatic nitrogens is 1. The van der Waals surface area contributed by atoms with Crippen LogP contribution in [0.3, 0.4) is 0 Å². The van der Waals surface area contributed by atoms with Gasteiger partial charge in [0.15, 0.2) is 0 Å².